The van der Waals surface area contributed by atoms with Crippen LogP contribution >= 0.6 is 0 Å². The van der Waals surface area contributed by atoms with Crippen LogP contribution in [-0.2, 0) is 4.79 Å². The molecule has 0 radical (unpaired) electrons. The Kier molecular flexibility index (Phi) is 6.24. The van der Waals surface area contributed by atoms with E-state index in [0.29, 0.717) is 18.5 Å². The number of rotatable bonds is 6. The highest BCUT2D eigenvalue weighted by molar-refractivity contribution is 5.79. The standard InChI is InChI=1S/C22H28N2O/c1-17-10-8-9-15-20(17)23-16-21(25)24-22(18-11-4-2-5-12-18)19-13-6-3-7-14-19/h2-7,11-14,17,20,22-23H,8-10,15-16H2,1H3,(H,24,25)/t17-,20+/m1/s1. The van der Waals surface area contributed by atoms with Gasteiger partial charge in [-0.25, -0.2) is 0 Å². The monoisotopic (exact) mass is 336 g/mol. The molecule has 2 aromatic rings. The summed E-state index contributed by atoms with van der Waals surface area (Å²) in [5, 5.41) is 6.67. The van der Waals surface area contributed by atoms with Gasteiger partial charge in [0.15, 0.2) is 0 Å². The quantitative estimate of drug-likeness (QED) is 0.835. The van der Waals surface area contributed by atoms with Crippen LogP contribution in [0.3, 0.4) is 0 Å². The third-order valence-electron chi connectivity index (χ3n) is 5.21. The van der Waals surface area contributed by atoms with Crippen molar-refractivity contribution in [1.29, 1.82) is 0 Å². The second-order valence-corrected chi connectivity index (χ2v) is 7.07. The van der Waals surface area contributed by atoms with Gasteiger partial charge in [-0.1, -0.05) is 80.4 Å². The predicted octanol–water partition coefficient (Wildman–Crippen LogP) is 4.06. The zero-order valence-corrected chi connectivity index (χ0v) is 14.9. The number of amides is 1. The topological polar surface area (TPSA) is 41.1 Å². The van der Waals surface area contributed by atoms with Crippen LogP contribution in [-0.4, -0.2) is 18.5 Å². The summed E-state index contributed by atoms with van der Waals surface area (Å²) in [4.78, 5) is 12.6. The molecule has 0 unspecified atom stereocenters. The summed E-state index contributed by atoms with van der Waals surface area (Å²) in [6.45, 7) is 2.66. The Bertz CT molecular complexity index is 617. The summed E-state index contributed by atoms with van der Waals surface area (Å²) in [6.07, 6.45) is 5.01. The van der Waals surface area contributed by atoms with Gasteiger partial charge in [-0.3, -0.25) is 4.79 Å². The average molecular weight is 336 g/mol. The Morgan fingerprint density at radius 3 is 2.08 bits per heavy atom. The molecule has 0 aliphatic heterocycles. The second kappa shape index (κ2) is 8.82. The fraction of sp³-hybridized carbons (Fsp3) is 0.409. The van der Waals surface area contributed by atoms with Crippen LogP contribution in [0.1, 0.15) is 49.8 Å². The Balaban J connectivity index is 1.65. The van der Waals surface area contributed by atoms with E-state index in [1.54, 1.807) is 0 Å². The fourth-order valence-corrected chi connectivity index (χ4v) is 3.71. The van der Waals surface area contributed by atoms with Gasteiger partial charge >= 0.3 is 0 Å². The lowest BCUT2D eigenvalue weighted by molar-refractivity contribution is -0.121. The van der Waals surface area contributed by atoms with E-state index in [9.17, 15) is 4.79 Å². The minimum atomic E-state index is -0.111. The Morgan fingerprint density at radius 2 is 1.52 bits per heavy atom. The van der Waals surface area contributed by atoms with E-state index in [-0.39, 0.29) is 11.9 Å². The number of hydrogen-bond acceptors (Lipinski definition) is 2. The van der Waals surface area contributed by atoms with Crippen LogP contribution < -0.4 is 10.6 Å². The summed E-state index contributed by atoms with van der Waals surface area (Å²) in [5.74, 6) is 0.705. The molecule has 132 valence electrons. The molecule has 1 aliphatic carbocycles. The molecular formula is C22H28N2O. The lowest BCUT2D eigenvalue weighted by atomic mass is 9.86. The van der Waals surface area contributed by atoms with E-state index < -0.39 is 0 Å². The van der Waals surface area contributed by atoms with E-state index >= 15 is 0 Å². The zero-order valence-electron chi connectivity index (χ0n) is 14.9. The van der Waals surface area contributed by atoms with Gasteiger partial charge in [0.1, 0.15) is 0 Å². The number of carbonyl (C=O) groups excluding carboxylic acids is 1. The molecule has 3 heteroatoms. The highest BCUT2D eigenvalue weighted by Crippen LogP contribution is 2.24. The Labute approximate surface area is 150 Å². The molecule has 2 atom stereocenters. The van der Waals surface area contributed by atoms with Gasteiger partial charge in [-0.2, -0.15) is 0 Å². The van der Waals surface area contributed by atoms with Crippen molar-refractivity contribution in [3.63, 3.8) is 0 Å². The van der Waals surface area contributed by atoms with Crippen molar-refractivity contribution in [1.82, 2.24) is 10.6 Å². The first-order chi connectivity index (χ1) is 12.2. The molecule has 25 heavy (non-hydrogen) atoms. The van der Waals surface area contributed by atoms with Crippen LogP contribution in [0.2, 0.25) is 0 Å². The minimum absolute atomic E-state index is 0.0514. The number of carbonyl (C=O) groups is 1. The van der Waals surface area contributed by atoms with E-state index in [1.807, 2.05) is 36.4 Å². The average Bonchev–Trinajstić information content (AvgIpc) is 2.67. The minimum Gasteiger partial charge on any atom is -0.344 e. The van der Waals surface area contributed by atoms with Crippen molar-refractivity contribution in [3.05, 3.63) is 71.8 Å². The van der Waals surface area contributed by atoms with Gasteiger partial charge in [0.05, 0.1) is 12.6 Å². The van der Waals surface area contributed by atoms with Crippen LogP contribution in [0.5, 0.6) is 0 Å². The highest BCUT2D eigenvalue weighted by Gasteiger charge is 2.22. The second-order valence-electron chi connectivity index (χ2n) is 7.07. The van der Waals surface area contributed by atoms with Crippen molar-refractivity contribution in [3.8, 4) is 0 Å². The van der Waals surface area contributed by atoms with Crippen molar-refractivity contribution in [2.45, 2.75) is 44.7 Å². The molecule has 0 aromatic heterocycles. The first-order valence-electron chi connectivity index (χ1n) is 9.36. The first-order valence-corrected chi connectivity index (χ1v) is 9.36. The molecular weight excluding hydrogens is 308 g/mol. The van der Waals surface area contributed by atoms with Crippen LogP contribution in [0.4, 0.5) is 0 Å². The Morgan fingerprint density at radius 1 is 0.960 bits per heavy atom. The summed E-state index contributed by atoms with van der Waals surface area (Å²) >= 11 is 0. The third kappa shape index (κ3) is 4.93. The van der Waals surface area contributed by atoms with Crippen molar-refractivity contribution in [2.24, 2.45) is 5.92 Å². The third-order valence-corrected chi connectivity index (χ3v) is 5.21. The lowest BCUT2D eigenvalue weighted by Gasteiger charge is -2.29. The van der Waals surface area contributed by atoms with E-state index in [2.05, 4.69) is 41.8 Å². The molecule has 0 spiro atoms. The van der Waals surface area contributed by atoms with Gasteiger partial charge in [0.2, 0.25) is 5.91 Å². The van der Waals surface area contributed by atoms with Crippen LogP contribution in [0.15, 0.2) is 60.7 Å². The molecule has 1 aliphatic rings. The summed E-state index contributed by atoms with van der Waals surface area (Å²) < 4.78 is 0. The van der Waals surface area contributed by atoms with E-state index in [4.69, 9.17) is 0 Å². The van der Waals surface area contributed by atoms with Gasteiger partial charge in [-0.05, 0) is 29.9 Å². The number of hydrogen-bond donors (Lipinski definition) is 2. The van der Waals surface area contributed by atoms with Crippen molar-refractivity contribution < 1.29 is 4.79 Å². The maximum absolute atomic E-state index is 12.6. The smallest absolute Gasteiger partial charge is 0.234 e. The van der Waals surface area contributed by atoms with Gasteiger partial charge in [0, 0.05) is 6.04 Å². The maximum atomic E-state index is 12.6. The maximum Gasteiger partial charge on any atom is 0.234 e. The van der Waals surface area contributed by atoms with Crippen molar-refractivity contribution in [2.75, 3.05) is 6.54 Å². The number of benzene rings is 2. The lowest BCUT2D eigenvalue weighted by Crippen LogP contribution is -2.44. The first kappa shape index (κ1) is 17.7. The molecule has 0 heterocycles. The van der Waals surface area contributed by atoms with Crippen molar-refractivity contribution >= 4 is 5.91 Å². The molecule has 2 N–H and O–H groups in total. The predicted molar refractivity (Wildman–Crippen MR) is 102 cm³/mol. The normalized spacial score (nSPS) is 20.4. The van der Waals surface area contributed by atoms with Gasteiger partial charge in [0.25, 0.3) is 0 Å². The zero-order chi connectivity index (χ0) is 17.5. The SMILES string of the molecule is C[C@@H]1CCCC[C@@H]1NCC(=O)NC(c1ccccc1)c1ccccc1. The fourth-order valence-electron chi connectivity index (χ4n) is 3.71. The molecule has 1 amide bonds. The van der Waals surface area contributed by atoms with Gasteiger partial charge < -0.3 is 10.6 Å². The van der Waals surface area contributed by atoms with Crippen LogP contribution in [0.25, 0.3) is 0 Å². The highest BCUT2D eigenvalue weighted by atomic mass is 16.2. The molecule has 1 saturated carbocycles. The van der Waals surface area contributed by atoms with E-state index in [0.717, 1.165) is 11.1 Å². The largest absolute Gasteiger partial charge is 0.344 e. The summed E-state index contributed by atoms with van der Waals surface area (Å²) in [6, 6.07) is 20.7. The Hall–Kier alpha value is -2.13. The molecule has 0 saturated heterocycles. The molecule has 1 fully saturated rings. The molecule has 3 rings (SSSR count). The molecule has 2 aromatic carbocycles. The molecule has 0 bridgehead atoms. The summed E-state index contributed by atoms with van der Waals surface area (Å²) in [5.41, 5.74) is 2.21. The summed E-state index contributed by atoms with van der Waals surface area (Å²) in [7, 11) is 0. The number of nitrogens with one attached hydrogen (secondary N) is 2. The molecule has 3 nitrogen and oxygen atoms in total. The van der Waals surface area contributed by atoms with E-state index in [1.165, 1.54) is 25.7 Å². The van der Waals surface area contributed by atoms with Gasteiger partial charge in [-0.15, -0.1) is 0 Å². The van der Waals surface area contributed by atoms with Crippen LogP contribution in [0, 0.1) is 5.92 Å².